The quantitative estimate of drug-likeness (QED) is 0.160. The van der Waals surface area contributed by atoms with Crippen molar-refractivity contribution in [3.8, 4) is 44.5 Å². The van der Waals surface area contributed by atoms with Crippen molar-refractivity contribution in [1.29, 1.82) is 0 Å². The summed E-state index contributed by atoms with van der Waals surface area (Å²) in [6.45, 7) is 0. The second kappa shape index (κ2) is 14.5. The maximum Gasteiger partial charge on any atom is 0.135 e. The number of benzene rings is 12. The molecule has 13 aromatic rings. The molecule has 0 bridgehead atoms. The summed E-state index contributed by atoms with van der Waals surface area (Å²) in [5.74, 6) is 0. The predicted molar refractivity (Wildman–Crippen MR) is 288 cm³/mol. The van der Waals surface area contributed by atoms with Gasteiger partial charge in [0.2, 0.25) is 0 Å². The largest absolute Gasteiger partial charge is 0.456 e. The van der Waals surface area contributed by atoms with Crippen LogP contribution in [0.25, 0.3) is 98.8 Å². The number of hydrogen-bond donors (Lipinski definition) is 0. The van der Waals surface area contributed by atoms with Gasteiger partial charge in [-0.1, -0.05) is 188 Å². The highest BCUT2D eigenvalue weighted by atomic mass is 16.3. The minimum Gasteiger partial charge on any atom is -0.456 e. The molecule has 0 fully saturated rings. The van der Waals surface area contributed by atoms with Gasteiger partial charge in [0.15, 0.2) is 0 Å². The van der Waals surface area contributed by atoms with Crippen LogP contribution in [0, 0.1) is 0 Å². The van der Waals surface area contributed by atoms with Gasteiger partial charge in [-0.05, 0) is 160 Å². The van der Waals surface area contributed by atoms with Crippen molar-refractivity contribution in [2.24, 2.45) is 0 Å². The highest BCUT2D eigenvalue weighted by Gasteiger charge is 2.51. The summed E-state index contributed by atoms with van der Waals surface area (Å²) in [6.07, 6.45) is 0. The zero-order chi connectivity index (χ0) is 45.2. The third kappa shape index (κ3) is 5.43. The van der Waals surface area contributed by atoms with Crippen LogP contribution in [0.5, 0.6) is 0 Å². The number of rotatable bonds is 5. The molecular formula is C67H41NO. The van der Waals surface area contributed by atoms with Crippen LogP contribution in [0.3, 0.4) is 0 Å². The van der Waals surface area contributed by atoms with Crippen molar-refractivity contribution >= 4 is 71.3 Å². The third-order valence-corrected chi connectivity index (χ3v) is 15.3. The molecule has 1 spiro atoms. The first-order valence-corrected chi connectivity index (χ1v) is 23.9. The molecule has 0 atom stereocenters. The molecule has 0 saturated carbocycles. The number of anilines is 3. The van der Waals surface area contributed by atoms with Gasteiger partial charge in [-0.15, -0.1) is 0 Å². The Balaban J connectivity index is 0.903. The maximum atomic E-state index is 6.17. The van der Waals surface area contributed by atoms with Crippen molar-refractivity contribution in [2.45, 2.75) is 5.41 Å². The Morgan fingerprint density at radius 2 is 0.696 bits per heavy atom. The van der Waals surface area contributed by atoms with Gasteiger partial charge in [-0.3, -0.25) is 0 Å². The number of furan rings is 1. The minimum atomic E-state index is -0.403. The smallest absolute Gasteiger partial charge is 0.135 e. The van der Waals surface area contributed by atoms with Crippen molar-refractivity contribution in [1.82, 2.24) is 0 Å². The standard InChI is InChI=1S/C67H41NO/c1-2-18-51-49(16-1)50-17-3-4-19-52(50)58-40-47(33-35-53(51)58)68(46-31-28-42(29-32-46)43-14-13-15-44(38-43)45-30-37-66-60(39-45)57-23-8-12-27-65(57)69-66)48-34-36-64-59(41-48)56-22-7-11-26-63(56)67(64)61-24-9-5-20-54(61)55-21-6-10-25-62(55)67/h1-41H. The summed E-state index contributed by atoms with van der Waals surface area (Å²) in [5, 5.41) is 9.85. The van der Waals surface area contributed by atoms with Crippen molar-refractivity contribution in [3.05, 3.63) is 271 Å². The summed E-state index contributed by atoms with van der Waals surface area (Å²) in [7, 11) is 0. The van der Waals surface area contributed by atoms with Crippen LogP contribution in [-0.4, -0.2) is 0 Å². The van der Waals surface area contributed by atoms with E-state index in [1.807, 2.05) is 12.1 Å². The van der Waals surface area contributed by atoms with Crippen LogP contribution in [0.1, 0.15) is 22.3 Å². The second-order valence-corrected chi connectivity index (χ2v) is 18.7. The third-order valence-electron chi connectivity index (χ3n) is 15.3. The monoisotopic (exact) mass is 875 g/mol. The van der Waals surface area contributed by atoms with Gasteiger partial charge in [0.05, 0.1) is 5.41 Å². The van der Waals surface area contributed by atoms with E-state index in [-0.39, 0.29) is 0 Å². The number of para-hydroxylation sites is 1. The van der Waals surface area contributed by atoms with Crippen molar-refractivity contribution in [2.75, 3.05) is 4.90 Å². The fourth-order valence-electron chi connectivity index (χ4n) is 12.3. The Hall–Kier alpha value is -8.98. The molecule has 2 nitrogen and oxygen atoms in total. The van der Waals surface area contributed by atoms with Gasteiger partial charge >= 0.3 is 0 Å². The SMILES string of the molecule is c1cc(-c2ccc(N(c3ccc4c(c3)-c3ccccc3C43c4ccccc4-c4ccccc43)c3ccc4c5ccccc5c5ccccc5c4c3)cc2)cc(-c2ccc3oc4ccccc4c3c2)c1. The molecule has 1 aromatic heterocycles. The first kappa shape index (κ1) is 38.2. The normalized spacial score (nSPS) is 13.0. The lowest BCUT2D eigenvalue weighted by atomic mass is 9.70. The average Bonchev–Trinajstić information content (AvgIpc) is 4.05. The van der Waals surface area contributed by atoms with Gasteiger partial charge < -0.3 is 9.32 Å². The minimum absolute atomic E-state index is 0.403. The molecular weight excluding hydrogens is 835 g/mol. The molecule has 0 amide bonds. The highest BCUT2D eigenvalue weighted by molar-refractivity contribution is 6.26. The lowest BCUT2D eigenvalue weighted by Gasteiger charge is -2.31. The van der Waals surface area contributed by atoms with E-state index < -0.39 is 5.41 Å². The van der Waals surface area contributed by atoms with E-state index >= 15 is 0 Å². The van der Waals surface area contributed by atoms with E-state index in [0.29, 0.717) is 0 Å². The van der Waals surface area contributed by atoms with Crippen LogP contribution in [0.15, 0.2) is 253 Å². The van der Waals surface area contributed by atoms with Gasteiger partial charge in [0.1, 0.15) is 11.2 Å². The van der Waals surface area contributed by atoms with Gasteiger partial charge in [0, 0.05) is 27.8 Å². The van der Waals surface area contributed by atoms with E-state index in [4.69, 9.17) is 4.42 Å². The molecule has 2 aliphatic carbocycles. The summed E-state index contributed by atoms with van der Waals surface area (Å²) in [5.41, 5.74) is 20.0. The number of nitrogens with zero attached hydrogens (tertiary/aromatic N) is 1. The van der Waals surface area contributed by atoms with Gasteiger partial charge in [0.25, 0.3) is 0 Å². The first-order valence-electron chi connectivity index (χ1n) is 23.9. The summed E-state index contributed by atoms with van der Waals surface area (Å²) in [4.78, 5) is 2.46. The molecule has 15 rings (SSSR count). The first-order chi connectivity index (χ1) is 34.2. The second-order valence-electron chi connectivity index (χ2n) is 18.7. The zero-order valence-corrected chi connectivity index (χ0v) is 37.5. The Morgan fingerprint density at radius 1 is 0.246 bits per heavy atom. The molecule has 0 saturated heterocycles. The van der Waals surface area contributed by atoms with E-state index in [1.165, 1.54) is 93.5 Å². The van der Waals surface area contributed by atoms with E-state index in [9.17, 15) is 0 Å². The Morgan fingerprint density at radius 3 is 1.36 bits per heavy atom. The molecule has 1 heterocycles. The fourth-order valence-corrected chi connectivity index (χ4v) is 12.3. The molecule has 12 aromatic carbocycles. The maximum absolute atomic E-state index is 6.17. The highest BCUT2D eigenvalue weighted by Crippen LogP contribution is 2.63. The molecule has 2 aliphatic rings. The number of fused-ring (bicyclic) bond motifs is 19. The van der Waals surface area contributed by atoms with Crippen LogP contribution in [-0.2, 0) is 5.41 Å². The molecule has 320 valence electrons. The van der Waals surface area contributed by atoms with E-state index in [0.717, 1.165) is 44.6 Å². The van der Waals surface area contributed by atoms with E-state index in [2.05, 4.69) is 241 Å². The Kier molecular flexibility index (Phi) is 8.02. The Bertz CT molecular complexity index is 4190. The van der Waals surface area contributed by atoms with Gasteiger partial charge in [-0.2, -0.15) is 0 Å². The summed E-state index contributed by atoms with van der Waals surface area (Å²) in [6, 6.07) is 92.0. The molecule has 2 heteroatoms. The van der Waals surface area contributed by atoms with Crippen LogP contribution >= 0.6 is 0 Å². The lowest BCUT2D eigenvalue weighted by molar-refractivity contribution is 0.669. The topological polar surface area (TPSA) is 16.4 Å². The average molecular weight is 876 g/mol. The van der Waals surface area contributed by atoms with Crippen LogP contribution in [0.4, 0.5) is 17.1 Å². The molecule has 0 N–H and O–H groups in total. The predicted octanol–water partition coefficient (Wildman–Crippen LogP) is 18.2. The summed E-state index contributed by atoms with van der Waals surface area (Å²) < 4.78 is 6.17. The van der Waals surface area contributed by atoms with Gasteiger partial charge in [-0.25, -0.2) is 0 Å². The van der Waals surface area contributed by atoms with Crippen molar-refractivity contribution < 1.29 is 4.42 Å². The van der Waals surface area contributed by atoms with Crippen LogP contribution in [0.2, 0.25) is 0 Å². The molecule has 0 unspecified atom stereocenters. The molecule has 69 heavy (non-hydrogen) atoms. The Labute approximate surface area is 399 Å². The lowest BCUT2D eigenvalue weighted by Crippen LogP contribution is -2.25. The van der Waals surface area contributed by atoms with E-state index in [1.54, 1.807) is 0 Å². The molecule has 0 aliphatic heterocycles. The summed E-state index contributed by atoms with van der Waals surface area (Å²) >= 11 is 0. The van der Waals surface area contributed by atoms with Crippen LogP contribution < -0.4 is 4.90 Å². The number of hydrogen-bond acceptors (Lipinski definition) is 2. The fraction of sp³-hybridized carbons (Fsp3) is 0.0149. The zero-order valence-electron chi connectivity index (χ0n) is 37.5. The molecule has 0 radical (unpaired) electrons. The van der Waals surface area contributed by atoms with Crippen molar-refractivity contribution in [3.63, 3.8) is 0 Å².